The predicted molar refractivity (Wildman–Crippen MR) is 74.1 cm³/mol. The fourth-order valence-corrected chi connectivity index (χ4v) is 2.11. The standard InChI is InChI=1S/C12H14BrN3O3/c1-2-3-16-12(17)11(13)10(7-15-16)14-6-9-8-18-4-5-19-9/h1,7,9,14H,3-6,8H2. The second-order valence-corrected chi connectivity index (χ2v) is 4.78. The van der Waals surface area contributed by atoms with Gasteiger partial charge in [0.15, 0.2) is 0 Å². The first kappa shape index (κ1) is 14.1. The van der Waals surface area contributed by atoms with Crippen LogP contribution < -0.4 is 10.9 Å². The minimum atomic E-state index is -0.260. The van der Waals surface area contributed by atoms with Crippen LogP contribution in [-0.4, -0.2) is 42.2 Å². The third-order valence-electron chi connectivity index (χ3n) is 2.63. The van der Waals surface area contributed by atoms with Crippen LogP contribution in [0.1, 0.15) is 0 Å². The van der Waals surface area contributed by atoms with Crippen molar-refractivity contribution >= 4 is 21.6 Å². The van der Waals surface area contributed by atoms with E-state index in [4.69, 9.17) is 15.9 Å². The molecule has 1 aliphatic heterocycles. The molecule has 1 aliphatic rings. The molecule has 19 heavy (non-hydrogen) atoms. The molecule has 0 saturated carbocycles. The van der Waals surface area contributed by atoms with Gasteiger partial charge < -0.3 is 14.8 Å². The largest absolute Gasteiger partial charge is 0.380 e. The minimum Gasteiger partial charge on any atom is -0.380 e. The third kappa shape index (κ3) is 3.56. The van der Waals surface area contributed by atoms with Crippen LogP contribution >= 0.6 is 15.9 Å². The van der Waals surface area contributed by atoms with Gasteiger partial charge in [-0.1, -0.05) is 5.92 Å². The molecule has 0 bridgehead atoms. The van der Waals surface area contributed by atoms with E-state index in [1.54, 1.807) is 6.20 Å². The Hall–Kier alpha value is -1.36. The van der Waals surface area contributed by atoms with E-state index in [0.717, 1.165) is 0 Å². The molecule has 1 atom stereocenters. The summed E-state index contributed by atoms with van der Waals surface area (Å²) in [4.78, 5) is 11.9. The highest BCUT2D eigenvalue weighted by molar-refractivity contribution is 9.10. The van der Waals surface area contributed by atoms with Gasteiger partial charge >= 0.3 is 0 Å². The lowest BCUT2D eigenvalue weighted by molar-refractivity contribution is -0.0818. The summed E-state index contributed by atoms with van der Waals surface area (Å²) >= 11 is 3.25. The van der Waals surface area contributed by atoms with E-state index in [0.29, 0.717) is 36.5 Å². The molecule has 0 aromatic carbocycles. The van der Waals surface area contributed by atoms with E-state index in [-0.39, 0.29) is 18.2 Å². The molecule has 6 nitrogen and oxygen atoms in total. The first-order chi connectivity index (χ1) is 9.22. The van der Waals surface area contributed by atoms with E-state index >= 15 is 0 Å². The predicted octanol–water partition coefficient (Wildman–Crippen LogP) is 0.466. The van der Waals surface area contributed by atoms with Gasteiger partial charge in [-0.25, -0.2) is 4.68 Å². The Morgan fingerprint density at radius 2 is 2.47 bits per heavy atom. The maximum Gasteiger partial charge on any atom is 0.284 e. The Kier molecular flexibility index (Phi) is 4.96. The van der Waals surface area contributed by atoms with Crippen molar-refractivity contribution in [1.82, 2.24) is 9.78 Å². The van der Waals surface area contributed by atoms with Crippen molar-refractivity contribution in [3.63, 3.8) is 0 Å². The Labute approximate surface area is 119 Å². The summed E-state index contributed by atoms with van der Waals surface area (Å²) in [5.41, 5.74) is 0.358. The van der Waals surface area contributed by atoms with Crippen molar-refractivity contribution < 1.29 is 9.47 Å². The fraction of sp³-hybridized carbons (Fsp3) is 0.500. The number of hydrogen-bond acceptors (Lipinski definition) is 5. The van der Waals surface area contributed by atoms with Gasteiger partial charge in [-0.15, -0.1) is 6.42 Å². The fourth-order valence-electron chi connectivity index (χ4n) is 1.67. The molecular weight excluding hydrogens is 314 g/mol. The Morgan fingerprint density at radius 3 is 3.16 bits per heavy atom. The summed E-state index contributed by atoms with van der Waals surface area (Å²) in [6.45, 7) is 2.47. The molecule has 1 unspecified atom stereocenters. The van der Waals surface area contributed by atoms with Gasteiger partial charge in [-0.05, 0) is 15.9 Å². The van der Waals surface area contributed by atoms with Crippen LogP contribution in [0.15, 0.2) is 15.5 Å². The number of terminal acetylenes is 1. The number of nitrogens with one attached hydrogen (secondary N) is 1. The molecule has 0 spiro atoms. The first-order valence-electron chi connectivity index (χ1n) is 5.84. The van der Waals surface area contributed by atoms with Crippen molar-refractivity contribution in [1.29, 1.82) is 0 Å². The van der Waals surface area contributed by atoms with E-state index < -0.39 is 0 Å². The van der Waals surface area contributed by atoms with E-state index in [9.17, 15) is 4.79 Å². The first-order valence-corrected chi connectivity index (χ1v) is 6.64. The number of rotatable bonds is 4. The molecule has 1 aromatic heterocycles. The second kappa shape index (κ2) is 6.70. The molecule has 1 N–H and O–H groups in total. The van der Waals surface area contributed by atoms with Gasteiger partial charge in [-0.3, -0.25) is 4.79 Å². The second-order valence-electron chi connectivity index (χ2n) is 3.99. The van der Waals surface area contributed by atoms with Crippen LogP contribution in [0, 0.1) is 12.3 Å². The van der Waals surface area contributed by atoms with Crippen molar-refractivity contribution in [3.8, 4) is 12.3 Å². The summed E-state index contributed by atoms with van der Waals surface area (Å²) in [6, 6.07) is 0. The average molecular weight is 328 g/mol. The number of halogens is 1. The maximum absolute atomic E-state index is 11.9. The highest BCUT2D eigenvalue weighted by Crippen LogP contribution is 2.16. The van der Waals surface area contributed by atoms with Crippen LogP contribution in [0.5, 0.6) is 0 Å². The summed E-state index contributed by atoms with van der Waals surface area (Å²) in [5, 5.41) is 7.10. The van der Waals surface area contributed by atoms with Gasteiger partial charge in [0, 0.05) is 6.54 Å². The van der Waals surface area contributed by atoms with Crippen molar-refractivity contribution in [2.45, 2.75) is 12.6 Å². The zero-order chi connectivity index (χ0) is 13.7. The molecule has 1 fully saturated rings. The summed E-state index contributed by atoms with van der Waals surface area (Å²) < 4.78 is 12.4. The summed E-state index contributed by atoms with van der Waals surface area (Å²) in [7, 11) is 0. The molecular formula is C12H14BrN3O3. The van der Waals surface area contributed by atoms with Gasteiger partial charge in [0.25, 0.3) is 5.56 Å². The van der Waals surface area contributed by atoms with Gasteiger partial charge in [0.2, 0.25) is 0 Å². The minimum absolute atomic E-state index is 0.0196. The number of aromatic nitrogens is 2. The van der Waals surface area contributed by atoms with E-state index in [2.05, 4.69) is 32.3 Å². The average Bonchev–Trinajstić information content (AvgIpc) is 2.44. The zero-order valence-electron chi connectivity index (χ0n) is 10.3. The SMILES string of the molecule is C#CCn1ncc(NCC2COCCO2)c(Br)c1=O. The Balaban J connectivity index is 2.02. The molecule has 1 aromatic rings. The molecule has 2 heterocycles. The number of ether oxygens (including phenoxy) is 2. The van der Waals surface area contributed by atoms with Crippen molar-refractivity contribution in [3.05, 3.63) is 21.0 Å². The zero-order valence-corrected chi connectivity index (χ0v) is 11.9. The molecule has 0 aliphatic carbocycles. The quantitative estimate of drug-likeness (QED) is 0.814. The number of hydrogen-bond donors (Lipinski definition) is 1. The van der Waals surface area contributed by atoms with Crippen molar-refractivity contribution in [2.24, 2.45) is 0 Å². The normalized spacial score (nSPS) is 18.8. The Morgan fingerprint density at radius 1 is 1.63 bits per heavy atom. The van der Waals surface area contributed by atoms with Crippen LogP contribution in [0.3, 0.4) is 0 Å². The smallest absolute Gasteiger partial charge is 0.284 e. The molecule has 1 saturated heterocycles. The van der Waals surface area contributed by atoms with Crippen LogP contribution in [0.25, 0.3) is 0 Å². The molecule has 102 valence electrons. The monoisotopic (exact) mass is 327 g/mol. The lowest BCUT2D eigenvalue weighted by Crippen LogP contribution is -2.34. The highest BCUT2D eigenvalue weighted by Gasteiger charge is 2.15. The van der Waals surface area contributed by atoms with Gasteiger partial charge in [0.05, 0.1) is 37.8 Å². The maximum atomic E-state index is 11.9. The molecule has 0 amide bonds. The van der Waals surface area contributed by atoms with Crippen molar-refractivity contribution in [2.75, 3.05) is 31.7 Å². The van der Waals surface area contributed by atoms with Gasteiger partial charge in [0.1, 0.15) is 11.0 Å². The third-order valence-corrected chi connectivity index (χ3v) is 3.40. The van der Waals surface area contributed by atoms with E-state index in [1.807, 2.05) is 0 Å². The highest BCUT2D eigenvalue weighted by atomic mass is 79.9. The summed E-state index contributed by atoms with van der Waals surface area (Å²) in [6.07, 6.45) is 6.71. The van der Waals surface area contributed by atoms with Gasteiger partial charge in [-0.2, -0.15) is 5.10 Å². The molecule has 0 radical (unpaired) electrons. The van der Waals surface area contributed by atoms with E-state index in [1.165, 1.54) is 4.68 Å². The number of anilines is 1. The number of nitrogens with zero attached hydrogens (tertiary/aromatic N) is 2. The van der Waals surface area contributed by atoms with Crippen LogP contribution in [0.4, 0.5) is 5.69 Å². The van der Waals surface area contributed by atoms with Crippen LogP contribution in [-0.2, 0) is 16.0 Å². The summed E-state index contributed by atoms with van der Waals surface area (Å²) in [5.74, 6) is 2.38. The lowest BCUT2D eigenvalue weighted by atomic mass is 10.3. The van der Waals surface area contributed by atoms with Crippen LogP contribution in [0.2, 0.25) is 0 Å². The molecule has 7 heteroatoms. The Bertz CT molecular complexity index is 532. The molecule has 2 rings (SSSR count). The lowest BCUT2D eigenvalue weighted by Gasteiger charge is -2.23. The topological polar surface area (TPSA) is 65.4 Å².